The van der Waals surface area contributed by atoms with Crippen molar-refractivity contribution in [1.29, 1.82) is 5.26 Å². The molecule has 0 atom stereocenters. The van der Waals surface area contributed by atoms with Gasteiger partial charge in [0.2, 0.25) is 0 Å². The fourth-order valence-electron chi connectivity index (χ4n) is 2.55. The van der Waals surface area contributed by atoms with Crippen molar-refractivity contribution in [3.63, 3.8) is 0 Å². The molecular weight excluding hydrogens is 352 g/mol. The molecular formula is C19H16N2O2S2. The summed E-state index contributed by atoms with van der Waals surface area (Å²) in [6.07, 6.45) is 0.659. The molecule has 2 aromatic carbocycles. The first-order valence-corrected chi connectivity index (χ1v) is 9.99. The van der Waals surface area contributed by atoms with Gasteiger partial charge in [0.05, 0.1) is 22.2 Å². The van der Waals surface area contributed by atoms with E-state index < -0.39 is 10.0 Å². The van der Waals surface area contributed by atoms with E-state index >= 15 is 0 Å². The Morgan fingerprint density at radius 3 is 2.68 bits per heavy atom. The van der Waals surface area contributed by atoms with Crippen molar-refractivity contribution < 1.29 is 8.42 Å². The van der Waals surface area contributed by atoms with Gasteiger partial charge in [-0.3, -0.25) is 4.72 Å². The van der Waals surface area contributed by atoms with E-state index in [1.165, 1.54) is 11.3 Å². The van der Waals surface area contributed by atoms with Crippen LogP contribution in [-0.4, -0.2) is 8.42 Å². The molecule has 4 nitrogen and oxygen atoms in total. The van der Waals surface area contributed by atoms with Gasteiger partial charge in [-0.2, -0.15) is 5.26 Å². The number of nitrogens with zero attached hydrogens (tertiary/aromatic N) is 1. The van der Waals surface area contributed by atoms with Gasteiger partial charge in [0.1, 0.15) is 0 Å². The van der Waals surface area contributed by atoms with Crippen molar-refractivity contribution in [1.82, 2.24) is 0 Å². The van der Waals surface area contributed by atoms with Crippen molar-refractivity contribution in [2.45, 2.75) is 18.2 Å². The van der Waals surface area contributed by atoms with Gasteiger partial charge in [-0.1, -0.05) is 30.3 Å². The first kappa shape index (κ1) is 17.2. The number of rotatable bonds is 5. The van der Waals surface area contributed by atoms with Gasteiger partial charge in [0.25, 0.3) is 10.0 Å². The second-order valence-electron chi connectivity index (χ2n) is 5.66. The van der Waals surface area contributed by atoms with Crippen LogP contribution in [0.15, 0.2) is 64.9 Å². The molecule has 0 spiro atoms. The lowest BCUT2D eigenvalue weighted by Crippen LogP contribution is -2.13. The van der Waals surface area contributed by atoms with Crippen LogP contribution in [0, 0.1) is 18.3 Å². The summed E-state index contributed by atoms with van der Waals surface area (Å²) in [5.74, 6) is 0. The molecule has 0 radical (unpaired) electrons. The van der Waals surface area contributed by atoms with E-state index in [9.17, 15) is 8.42 Å². The fourth-order valence-corrected chi connectivity index (χ4v) is 4.76. The second kappa shape index (κ2) is 7.09. The van der Waals surface area contributed by atoms with Gasteiger partial charge >= 0.3 is 0 Å². The molecule has 0 aliphatic carbocycles. The van der Waals surface area contributed by atoms with E-state index in [-0.39, 0.29) is 4.90 Å². The summed E-state index contributed by atoms with van der Waals surface area (Å²) in [5.41, 5.74) is 2.90. The largest absolute Gasteiger partial charge is 0.279 e. The normalized spacial score (nSPS) is 11.0. The lowest BCUT2D eigenvalue weighted by Gasteiger charge is -2.08. The van der Waals surface area contributed by atoms with Crippen molar-refractivity contribution in [3.8, 4) is 6.07 Å². The summed E-state index contributed by atoms with van der Waals surface area (Å²) in [6, 6.07) is 18.3. The van der Waals surface area contributed by atoms with Crippen molar-refractivity contribution in [2.75, 3.05) is 4.72 Å². The minimum atomic E-state index is -3.60. The topological polar surface area (TPSA) is 70.0 Å². The molecule has 0 fully saturated rings. The van der Waals surface area contributed by atoms with Gasteiger partial charge in [-0.25, -0.2) is 8.42 Å². The zero-order chi connectivity index (χ0) is 17.9. The van der Waals surface area contributed by atoms with E-state index in [2.05, 4.69) is 10.8 Å². The molecule has 25 heavy (non-hydrogen) atoms. The lowest BCUT2D eigenvalue weighted by molar-refractivity contribution is 0.600. The number of sulfonamides is 1. The maximum Gasteiger partial charge on any atom is 0.262 e. The summed E-state index contributed by atoms with van der Waals surface area (Å²) >= 11 is 1.49. The van der Waals surface area contributed by atoms with E-state index in [0.29, 0.717) is 23.2 Å². The molecule has 0 saturated heterocycles. The highest BCUT2D eigenvalue weighted by Gasteiger charge is 2.17. The predicted molar refractivity (Wildman–Crippen MR) is 100 cm³/mol. The van der Waals surface area contributed by atoms with Crippen molar-refractivity contribution >= 4 is 27.0 Å². The quantitative estimate of drug-likeness (QED) is 0.729. The Morgan fingerprint density at radius 1 is 1.12 bits per heavy atom. The van der Waals surface area contributed by atoms with Crippen molar-refractivity contribution in [3.05, 3.63) is 81.5 Å². The molecule has 0 aliphatic heterocycles. The Bertz CT molecular complexity index is 1050. The summed E-state index contributed by atoms with van der Waals surface area (Å²) in [6.45, 7) is 1.77. The van der Waals surface area contributed by atoms with Crippen LogP contribution in [0.25, 0.3) is 0 Å². The highest BCUT2D eigenvalue weighted by Crippen LogP contribution is 2.25. The van der Waals surface area contributed by atoms with Crippen molar-refractivity contribution in [2.24, 2.45) is 0 Å². The second-order valence-corrected chi connectivity index (χ2v) is 8.31. The number of nitrogens with one attached hydrogen (secondary N) is 1. The van der Waals surface area contributed by atoms with Crippen LogP contribution < -0.4 is 4.72 Å². The van der Waals surface area contributed by atoms with Crippen LogP contribution in [0.3, 0.4) is 0 Å². The number of nitriles is 1. The number of aryl methyl sites for hydroxylation is 1. The predicted octanol–water partition coefficient (Wildman–Crippen LogP) is 4.32. The summed E-state index contributed by atoms with van der Waals surface area (Å²) in [7, 11) is -3.60. The van der Waals surface area contributed by atoms with Gasteiger partial charge in [-0.05, 0) is 42.3 Å². The smallest absolute Gasteiger partial charge is 0.262 e. The molecule has 0 amide bonds. The highest BCUT2D eigenvalue weighted by atomic mass is 32.2. The first-order valence-electron chi connectivity index (χ1n) is 7.63. The first-order chi connectivity index (χ1) is 12.0. The molecule has 1 aromatic heterocycles. The third-order valence-corrected chi connectivity index (χ3v) is 6.20. The third-order valence-electron chi connectivity index (χ3n) is 3.72. The van der Waals surface area contributed by atoms with Crippen LogP contribution in [-0.2, 0) is 16.4 Å². The maximum atomic E-state index is 12.5. The molecule has 0 bridgehead atoms. The van der Waals surface area contributed by atoms with E-state index in [1.807, 2.05) is 30.3 Å². The molecule has 3 rings (SSSR count). The van der Waals surface area contributed by atoms with Crippen LogP contribution in [0.1, 0.15) is 21.6 Å². The molecule has 1 N–H and O–H groups in total. The molecule has 0 saturated carbocycles. The van der Waals surface area contributed by atoms with Crippen LogP contribution in [0.5, 0.6) is 0 Å². The van der Waals surface area contributed by atoms with Gasteiger partial charge in [0, 0.05) is 16.7 Å². The average Bonchev–Trinajstić information content (AvgIpc) is 3.01. The van der Waals surface area contributed by atoms with Crippen LogP contribution >= 0.6 is 11.3 Å². The SMILES string of the molecule is Cc1ccccc1S(=O)(=O)Nc1csc(Cc2cccc(C#N)c2)c1. The van der Waals surface area contributed by atoms with Gasteiger partial charge in [-0.15, -0.1) is 11.3 Å². The van der Waals surface area contributed by atoms with E-state index in [4.69, 9.17) is 5.26 Å². The monoisotopic (exact) mass is 368 g/mol. The molecule has 0 unspecified atom stereocenters. The Balaban J connectivity index is 1.78. The molecule has 126 valence electrons. The Kier molecular flexibility index (Phi) is 4.88. The minimum absolute atomic E-state index is 0.282. The van der Waals surface area contributed by atoms with Crippen LogP contribution in [0.2, 0.25) is 0 Å². The van der Waals surface area contributed by atoms with E-state index in [0.717, 1.165) is 10.4 Å². The zero-order valence-corrected chi connectivity index (χ0v) is 15.2. The lowest BCUT2D eigenvalue weighted by atomic mass is 10.1. The Labute approximate surface area is 151 Å². The van der Waals surface area contributed by atoms with Gasteiger partial charge < -0.3 is 0 Å². The molecule has 0 aliphatic rings. The number of benzene rings is 2. The molecule has 3 aromatic rings. The third kappa shape index (κ3) is 4.08. The number of hydrogen-bond acceptors (Lipinski definition) is 4. The number of hydrogen-bond donors (Lipinski definition) is 1. The summed E-state index contributed by atoms with van der Waals surface area (Å²) in [4.78, 5) is 1.31. The zero-order valence-electron chi connectivity index (χ0n) is 13.6. The maximum absolute atomic E-state index is 12.5. The summed E-state index contributed by atoms with van der Waals surface area (Å²) in [5, 5.41) is 10.8. The highest BCUT2D eigenvalue weighted by molar-refractivity contribution is 7.92. The fraction of sp³-hybridized carbons (Fsp3) is 0.105. The standard InChI is InChI=1S/C19H16N2O2S2/c1-14-5-2-3-8-19(14)25(22,23)21-17-11-18(24-13-17)10-15-6-4-7-16(9-15)12-20/h2-9,11,13,21H,10H2,1H3. The Hall–Kier alpha value is -2.62. The summed E-state index contributed by atoms with van der Waals surface area (Å²) < 4.78 is 27.7. The molecule has 6 heteroatoms. The van der Waals surface area contributed by atoms with E-state index in [1.54, 1.807) is 36.6 Å². The molecule has 1 heterocycles. The minimum Gasteiger partial charge on any atom is -0.279 e. The number of thiophene rings is 1. The van der Waals surface area contributed by atoms with Gasteiger partial charge in [0.15, 0.2) is 0 Å². The Morgan fingerprint density at radius 2 is 1.92 bits per heavy atom. The number of anilines is 1. The average molecular weight is 368 g/mol. The van der Waals surface area contributed by atoms with Crippen LogP contribution in [0.4, 0.5) is 5.69 Å².